The molecule has 3 heteroatoms. The Morgan fingerprint density at radius 1 is 1.06 bits per heavy atom. The molecule has 1 atom stereocenters. The van der Waals surface area contributed by atoms with Gasteiger partial charge in [0.2, 0.25) is 5.91 Å². The van der Waals surface area contributed by atoms with E-state index in [0.717, 1.165) is 18.9 Å². The second-order valence-electron chi connectivity index (χ2n) is 6.06. The van der Waals surface area contributed by atoms with Crippen LogP contribution in [0.5, 0.6) is 0 Å². The van der Waals surface area contributed by atoms with E-state index >= 15 is 0 Å². The van der Waals surface area contributed by atoms with E-state index in [4.69, 9.17) is 5.73 Å². The van der Waals surface area contributed by atoms with Crippen LogP contribution >= 0.6 is 0 Å². The standard InChI is InChI=1S/C15H32N2O/c1-12(2)9-7-5-6-8-10-17-15(18)11-14(16)13(3)4/h12-14H,5-11,16H2,1-4H3,(H,17,18). The van der Waals surface area contributed by atoms with E-state index in [9.17, 15) is 4.79 Å². The highest BCUT2D eigenvalue weighted by molar-refractivity contribution is 5.76. The predicted octanol–water partition coefficient (Wildman–Crippen LogP) is 3.08. The van der Waals surface area contributed by atoms with Crippen molar-refractivity contribution >= 4 is 5.91 Å². The number of hydrogen-bond donors (Lipinski definition) is 2. The predicted molar refractivity (Wildman–Crippen MR) is 78.4 cm³/mol. The summed E-state index contributed by atoms with van der Waals surface area (Å²) in [5.74, 6) is 1.27. The third kappa shape index (κ3) is 10.6. The van der Waals surface area contributed by atoms with Crippen LogP contribution < -0.4 is 11.1 Å². The summed E-state index contributed by atoms with van der Waals surface area (Å²) in [6.07, 6.45) is 6.65. The zero-order chi connectivity index (χ0) is 14.0. The summed E-state index contributed by atoms with van der Waals surface area (Å²) < 4.78 is 0. The van der Waals surface area contributed by atoms with Crippen molar-refractivity contribution in [3.8, 4) is 0 Å². The second-order valence-corrected chi connectivity index (χ2v) is 6.06. The monoisotopic (exact) mass is 256 g/mol. The molecule has 0 aromatic carbocycles. The Kier molecular flexibility index (Phi) is 10.0. The van der Waals surface area contributed by atoms with Gasteiger partial charge in [-0.3, -0.25) is 4.79 Å². The minimum Gasteiger partial charge on any atom is -0.356 e. The first-order valence-corrected chi connectivity index (χ1v) is 7.45. The Morgan fingerprint density at radius 2 is 1.67 bits per heavy atom. The van der Waals surface area contributed by atoms with Crippen molar-refractivity contribution < 1.29 is 4.79 Å². The lowest BCUT2D eigenvalue weighted by Crippen LogP contribution is -2.35. The molecule has 108 valence electrons. The number of amides is 1. The number of carbonyl (C=O) groups is 1. The molecular formula is C15H32N2O. The van der Waals surface area contributed by atoms with Crippen LogP contribution in [-0.2, 0) is 4.79 Å². The van der Waals surface area contributed by atoms with Gasteiger partial charge in [-0.1, -0.05) is 53.4 Å². The van der Waals surface area contributed by atoms with Gasteiger partial charge in [-0.25, -0.2) is 0 Å². The SMILES string of the molecule is CC(C)CCCCCCNC(=O)CC(N)C(C)C. The summed E-state index contributed by atoms with van der Waals surface area (Å²) in [5, 5.41) is 2.95. The smallest absolute Gasteiger partial charge is 0.221 e. The molecule has 1 amide bonds. The molecule has 0 aromatic rings. The molecule has 0 rings (SSSR count). The average Bonchev–Trinajstić information content (AvgIpc) is 2.27. The summed E-state index contributed by atoms with van der Waals surface area (Å²) in [6, 6.07) is -0.0176. The van der Waals surface area contributed by atoms with Crippen molar-refractivity contribution in [2.24, 2.45) is 17.6 Å². The molecule has 1 unspecified atom stereocenters. The highest BCUT2D eigenvalue weighted by Crippen LogP contribution is 2.09. The number of nitrogens with one attached hydrogen (secondary N) is 1. The number of nitrogens with two attached hydrogens (primary N) is 1. The van der Waals surface area contributed by atoms with Gasteiger partial charge in [0.25, 0.3) is 0 Å². The van der Waals surface area contributed by atoms with Crippen LogP contribution in [0.1, 0.15) is 66.2 Å². The van der Waals surface area contributed by atoms with Crippen LogP contribution in [0, 0.1) is 11.8 Å². The lowest BCUT2D eigenvalue weighted by molar-refractivity contribution is -0.121. The van der Waals surface area contributed by atoms with Crippen LogP contribution in [0.25, 0.3) is 0 Å². The molecule has 0 fully saturated rings. The van der Waals surface area contributed by atoms with Gasteiger partial charge in [0.05, 0.1) is 0 Å². The van der Waals surface area contributed by atoms with E-state index in [1.165, 1.54) is 25.7 Å². The van der Waals surface area contributed by atoms with E-state index in [1.807, 2.05) is 13.8 Å². The summed E-state index contributed by atoms with van der Waals surface area (Å²) in [6.45, 7) is 9.42. The first kappa shape index (κ1) is 17.4. The van der Waals surface area contributed by atoms with Gasteiger partial charge in [0.1, 0.15) is 0 Å². The molecule has 0 aliphatic heterocycles. The van der Waals surface area contributed by atoms with Crippen molar-refractivity contribution in [3.05, 3.63) is 0 Å². The van der Waals surface area contributed by atoms with Gasteiger partial charge in [-0.05, 0) is 18.3 Å². The first-order valence-electron chi connectivity index (χ1n) is 7.45. The second kappa shape index (κ2) is 10.4. The Hall–Kier alpha value is -0.570. The molecule has 0 saturated carbocycles. The van der Waals surface area contributed by atoms with Crippen LogP contribution in [-0.4, -0.2) is 18.5 Å². The van der Waals surface area contributed by atoms with E-state index in [2.05, 4.69) is 19.2 Å². The van der Waals surface area contributed by atoms with Crippen molar-refractivity contribution in [2.75, 3.05) is 6.54 Å². The highest BCUT2D eigenvalue weighted by atomic mass is 16.1. The molecule has 0 bridgehead atoms. The van der Waals surface area contributed by atoms with Gasteiger partial charge < -0.3 is 11.1 Å². The van der Waals surface area contributed by atoms with Gasteiger partial charge in [-0.15, -0.1) is 0 Å². The van der Waals surface area contributed by atoms with Crippen LogP contribution in [0.15, 0.2) is 0 Å². The number of carbonyl (C=O) groups excluding carboxylic acids is 1. The van der Waals surface area contributed by atoms with Gasteiger partial charge in [-0.2, -0.15) is 0 Å². The minimum atomic E-state index is -0.0176. The molecule has 3 N–H and O–H groups in total. The summed E-state index contributed by atoms with van der Waals surface area (Å²) in [4.78, 5) is 11.5. The minimum absolute atomic E-state index is 0.0176. The molecule has 0 saturated heterocycles. The zero-order valence-corrected chi connectivity index (χ0v) is 12.7. The van der Waals surface area contributed by atoms with Crippen LogP contribution in [0.4, 0.5) is 0 Å². The normalized spacial score (nSPS) is 13.1. The fourth-order valence-electron chi connectivity index (χ4n) is 1.78. The topological polar surface area (TPSA) is 55.1 Å². The van der Waals surface area contributed by atoms with Crippen LogP contribution in [0.3, 0.4) is 0 Å². The van der Waals surface area contributed by atoms with Crippen molar-refractivity contribution in [1.29, 1.82) is 0 Å². The molecule has 0 aromatic heterocycles. The maximum absolute atomic E-state index is 11.5. The molecular weight excluding hydrogens is 224 g/mol. The lowest BCUT2D eigenvalue weighted by Gasteiger charge is -2.14. The fourth-order valence-corrected chi connectivity index (χ4v) is 1.78. The van der Waals surface area contributed by atoms with E-state index in [-0.39, 0.29) is 11.9 Å². The Labute approximate surface area is 113 Å². The van der Waals surface area contributed by atoms with Crippen LogP contribution in [0.2, 0.25) is 0 Å². The van der Waals surface area contributed by atoms with Crippen molar-refractivity contribution in [2.45, 2.75) is 72.3 Å². The molecule has 0 aliphatic rings. The lowest BCUT2D eigenvalue weighted by atomic mass is 10.0. The summed E-state index contributed by atoms with van der Waals surface area (Å²) in [7, 11) is 0. The maximum atomic E-state index is 11.5. The van der Waals surface area contributed by atoms with E-state index < -0.39 is 0 Å². The highest BCUT2D eigenvalue weighted by Gasteiger charge is 2.12. The fraction of sp³-hybridized carbons (Fsp3) is 0.933. The van der Waals surface area contributed by atoms with Gasteiger partial charge in [0, 0.05) is 19.0 Å². The molecule has 18 heavy (non-hydrogen) atoms. The zero-order valence-electron chi connectivity index (χ0n) is 12.7. The number of unbranched alkanes of at least 4 members (excludes halogenated alkanes) is 3. The average molecular weight is 256 g/mol. The number of hydrogen-bond acceptors (Lipinski definition) is 2. The molecule has 0 spiro atoms. The molecule has 0 radical (unpaired) electrons. The Bertz CT molecular complexity index is 215. The number of rotatable bonds is 10. The third-order valence-corrected chi connectivity index (χ3v) is 3.31. The van der Waals surface area contributed by atoms with Crippen molar-refractivity contribution in [1.82, 2.24) is 5.32 Å². The summed E-state index contributed by atoms with van der Waals surface area (Å²) >= 11 is 0. The Balaban J connectivity index is 3.36. The van der Waals surface area contributed by atoms with Gasteiger partial charge >= 0.3 is 0 Å². The van der Waals surface area contributed by atoms with E-state index in [0.29, 0.717) is 12.3 Å². The third-order valence-electron chi connectivity index (χ3n) is 3.31. The maximum Gasteiger partial charge on any atom is 0.221 e. The van der Waals surface area contributed by atoms with E-state index in [1.54, 1.807) is 0 Å². The molecule has 0 aliphatic carbocycles. The molecule has 0 heterocycles. The first-order chi connectivity index (χ1) is 8.43. The quantitative estimate of drug-likeness (QED) is 0.590. The largest absolute Gasteiger partial charge is 0.356 e. The summed E-state index contributed by atoms with van der Waals surface area (Å²) in [5.41, 5.74) is 5.85. The molecule has 3 nitrogen and oxygen atoms in total. The van der Waals surface area contributed by atoms with Gasteiger partial charge in [0.15, 0.2) is 0 Å². The Morgan fingerprint density at radius 3 is 2.22 bits per heavy atom. The van der Waals surface area contributed by atoms with Crippen molar-refractivity contribution in [3.63, 3.8) is 0 Å².